The van der Waals surface area contributed by atoms with Crippen LogP contribution < -0.4 is 10.1 Å². The monoisotopic (exact) mass is 462 g/mol. The molecule has 174 valence electrons. The Kier molecular flexibility index (Phi) is 7.84. The highest BCUT2D eigenvalue weighted by Crippen LogP contribution is 2.36. The molecular weight excluding hydrogens is 426 g/mol. The van der Waals surface area contributed by atoms with Crippen LogP contribution in [0.15, 0.2) is 46.9 Å². The van der Waals surface area contributed by atoms with E-state index in [0.717, 1.165) is 51.1 Å². The third-order valence-corrected chi connectivity index (χ3v) is 6.97. The highest BCUT2D eigenvalue weighted by atomic mass is 27.0. The molecule has 0 saturated carbocycles. The average Bonchev–Trinajstić information content (AvgIpc) is 3.14. The van der Waals surface area contributed by atoms with Gasteiger partial charge in [0.1, 0.15) is 11.9 Å². The van der Waals surface area contributed by atoms with E-state index in [9.17, 15) is 4.39 Å². The Morgan fingerprint density at radius 2 is 1.91 bits per heavy atom. The van der Waals surface area contributed by atoms with E-state index in [1.807, 2.05) is 0 Å². The Bertz CT molecular complexity index is 980. The summed E-state index contributed by atoms with van der Waals surface area (Å²) in [5.41, 5.74) is 6.56. The maximum absolute atomic E-state index is 12.4. The number of halogens is 1. The van der Waals surface area contributed by atoms with E-state index >= 15 is 0 Å². The summed E-state index contributed by atoms with van der Waals surface area (Å²) in [6.45, 7) is 9.06. The van der Waals surface area contributed by atoms with E-state index in [-0.39, 0.29) is 18.3 Å². The summed E-state index contributed by atoms with van der Waals surface area (Å²) in [5, 5.41) is 3.61. The number of benzene rings is 2. The summed E-state index contributed by atoms with van der Waals surface area (Å²) in [4.78, 5) is 2.30. The lowest BCUT2D eigenvalue weighted by Crippen LogP contribution is -2.26. The number of hydrogen-bond acceptors (Lipinski definition) is 3. The van der Waals surface area contributed by atoms with Gasteiger partial charge in [-0.05, 0) is 99.4 Å². The highest BCUT2D eigenvalue weighted by Gasteiger charge is 2.24. The van der Waals surface area contributed by atoms with Crippen molar-refractivity contribution >= 4 is 27.6 Å². The number of nitrogens with one attached hydrogen (secondary N) is 1. The minimum absolute atomic E-state index is 0.0445. The molecule has 0 spiro atoms. The number of likely N-dealkylation sites (tertiary alicyclic amines) is 1. The van der Waals surface area contributed by atoms with Gasteiger partial charge in [-0.15, -0.1) is 0 Å². The molecule has 1 heterocycles. The lowest BCUT2D eigenvalue weighted by molar-refractivity contribution is 0.198. The smallest absolute Gasteiger partial charge is 0.169 e. The van der Waals surface area contributed by atoms with Crippen LogP contribution in [0.2, 0.25) is 0 Å². The Labute approximate surface area is 206 Å². The van der Waals surface area contributed by atoms with Gasteiger partial charge in [0.15, 0.2) is 16.3 Å². The predicted octanol–water partition coefficient (Wildman–Crippen LogP) is 5.97. The fourth-order valence-corrected chi connectivity index (χ4v) is 5.46. The fourth-order valence-electron chi connectivity index (χ4n) is 4.94. The lowest BCUT2D eigenvalue weighted by atomic mass is 9.93. The van der Waals surface area contributed by atoms with Gasteiger partial charge in [-0.2, -0.15) is 4.44 Å². The van der Waals surface area contributed by atoms with Crippen molar-refractivity contribution in [1.82, 2.24) is 4.90 Å². The second-order valence-corrected chi connectivity index (χ2v) is 11.1. The van der Waals surface area contributed by atoms with Crippen LogP contribution in [0.1, 0.15) is 63.1 Å². The van der Waals surface area contributed by atoms with Gasteiger partial charge in [0.05, 0.1) is 6.67 Å². The molecular formula is C28H36AlFN2O. The summed E-state index contributed by atoms with van der Waals surface area (Å²) < 4.78 is 20.1. The molecule has 2 aromatic carbocycles. The van der Waals surface area contributed by atoms with Crippen molar-refractivity contribution in [2.45, 2.75) is 64.5 Å². The Hall–Kier alpha value is -1.80. The maximum atomic E-state index is 12.4. The topological polar surface area (TPSA) is 24.5 Å². The molecule has 1 aliphatic heterocycles. The first kappa shape index (κ1) is 24.3. The summed E-state index contributed by atoms with van der Waals surface area (Å²) >= 11 is 3.00. The normalized spacial score (nSPS) is 19.3. The maximum Gasteiger partial charge on any atom is 0.169 e. The predicted molar refractivity (Wildman–Crippen MR) is 137 cm³/mol. The third kappa shape index (κ3) is 6.41. The van der Waals surface area contributed by atoms with Gasteiger partial charge in [-0.3, -0.25) is 9.29 Å². The molecule has 33 heavy (non-hydrogen) atoms. The number of nitrogens with zero attached hydrogens (tertiary/aromatic N) is 1. The Morgan fingerprint density at radius 3 is 2.64 bits per heavy atom. The first-order valence-corrected chi connectivity index (χ1v) is 12.9. The zero-order valence-electron chi connectivity index (χ0n) is 20.3. The van der Waals surface area contributed by atoms with E-state index in [0.29, 0.717) is 6.42 Å². The largest absolute Gasteiger partial charge is 0.489 e. The second-order valence-electron chi connectivity index (χ2n) is 10.4. The Morgan fingerprint density at radius 1 is 1.12 bits per heavy atom. The zero-order chi connectivity index (χ0) is 23.4. The summed E-state index contributed by atoms with van der Waals surface area (Å²) in [6.07, 6.45) is 5.16. The number of alkyl halides is 1. The molecule has 2 aliphatic rings. The number of rotatable bonds is 7. The van der Waals surface area contributed by atoms with Crippen LogP contribution in [0, 0.1) is 0 Å². The van der Waals surface area contributed by atoms with Gasteiger partial charge in [0.25, 0.3) is 0 Å². The van der Waals surface area contributed by atoms with Gasteiger partial charge in [-0.25, -0.2) is 0 Å². The van der Waals surface area contributed by atoms with Crippen LogP contribution in [0.5, 0.6) is 5.75 Å². The van der Waals surface area contributed by atoms with E-state index < -0.39 is 0 Å². The average molecular weight is 463 g/mol. The number of allylic oxidation sites excluding steroid dienone is 1. The van der Waals surface area contributed by atoms with E-state index in [1.165, 1.54) is 32.4 Å². The van der Waals surface area contributed by atoms with Crippen LogP contribution in [0.4, 0.5) is 10.1 Å². The van der Waals surface area contributed by atoms with Crippen molar-refractivity contribution in [3.63, 3.8) is 0 Å². The minimum Gasteiger partial charge on any atom is -0.489 e. The molecule has 3 nitrogen and oxygen atoms in total. The number of ether oxygens (including phenoxy) is 1. The van der Waals surface area contributed by atoms with Crippen LogP contribution >= 0.6 is 0 Å². The molecule has 1 aliphatic carbocycles. The van der Waals surface area contributed by atoms with Crippen LogP contribution in [-0.4, -0.2) is 59.1 Å². The van der Waals surface area contributed by atoms with Crippen molar-refractivity contribution in [2.24, 2.45) is 0 Å². The van der Waals surface area contributed by atoms with Gasteiger partial charge in [-0.1, -0.05) is 18.2 Å². The molecule has 1 fully saturated rings. The molecule has 1 saturated heterocycles. The molecule has 0 unspecified atom stereocenters. The molecule has 2 aromatic rings. The number of fused-ring (bicyclic) bond motifs is 1. The summed E-state index contributed by atoms with van der Waals surface area (Å²) in [7, 11) is 0. The van der Waals surface area contributed by atoms with Crippen molar-refractivity contribution in [3.05, 3.63) is 63.6 Å². The number of hydrogen-bond donors (Lipinski definition) is 1. The first-order chi connectivity index (χ1) is 15.8. The molecule has 2 radical (unpaired) electrons. The molecule has 5 heteroatoms. The molecule has 4 rings (SSSR count). The first-order valence-electron chi connectivity index (χ1n) is 12.3. The zero-order valence-corrected chi connectivity index (χ0v) is 21.4. The quantitative estimate of drug-likeness (QED) is 0.513. The van der Waals surface area contributed by atoms with Crippen molar-refractivity contribution < 1.29 is 9.13 Å². The van der Waals surface area contributed by atoms with E-state index in [1.54, 1.807) is 0 Å². The Balaban J connectivity index is 1.50. The third-order valence-electron chi connectivity index (χ3n) is 6.39. The standard InChI is InChI=1S/C28H36FN2O.Al/c1-28(2,3)30-23-11-14-27-22(19-23)7-4-5-8-26(27)21-9-12-24(13-10-21)32-25-15-18-31(20-25)17-6-16-29;/h9-14,19,25,30H,4-7,15-18,20H2,1-3H3;/t25-;/m0./s1. The van der Waals surface area contributed by atoms with Crippen molar-refractivity contribution in [3.8, 4) is 5.75 Å². The van der Waals surface area contributed by atoms with Gasteiger partial charge in [0, 0.05) is 30.9 Å². The van der Waals surface area contributed by atoms with Crippen LogP contribution in [0.25, 0.3) is 5.57 Å². The number of anilines is 1. The van der Waals surface area contributed by atoms with Crippen LogP contribution in [-0.2, 0) is 6.42 Å². The number of aryl methyl sites for hydroxylation is 1. The van der Waals surface area contributed by atoms with Crippen LogP contribution in [0.3, 0.4) is 0 Å². The molecule has 0 aromatic heterocycles. The van der Waals surface area contributed by atoms with E-state index in [2.05, 4.69) is 89.7 Å². The summed E-state index contributed by atoms with van der Waals surface area (Å²) in [6, 6.07) is 15.4. The van der Waals surface area contributed by atoms with Gasteiger partial charge in [0.2, 0.25) is 0 Å². The highest BCUT2D eigenvalue weighted by molar-refractivity contribution is 6.26. The summed E-state index contributed by atoms with van der Waals surface area (Å²) in [5.74, 6) is 0.917. The minimum atomic E-state index is -0.241. The lowest BCUT2D eigenvalue weighted by Gasteiger charge is -2.23. The molecule has 0 bridgehead atoms. The SMILES string of the molecule is CC(C)(C)Nc1ccc2c(c1)CCC[C]([Al])=C2c1ccc(O[C@H]2CCN(CCCF)C2)cc1. The molecule has 0 amide bonds. The van der Waals surface area contributed by atoms with Gasteiger partial charge >= 0.3 is 0 Å². The van der Waals surface area contributed by atoms with Crippen molar-refractivity contribution in [1.29, 1.82) is 0 Å². The molecule has 1 N–H and O–H groups in total. The fraction of sp³-hybridized carbons (Fsp3) is 0.500. The van der Waals surface area contributed by atoms with Gasteiger partial charge < -0.3 is 10.1 Å². The van der Waals surface area contributed by atoms with Crippen molar-refractivity contribution in [2.75, 3.05) is 31.6 Å². The molecule has 1 atom stereocenters. The second kappa shape index (κ2) is 10.6. The van der Waals surface area contributed by atoms with E-state index in [4.69, 9.17) is 4.74 Å².